The molecule has 172 valence electrons. The highest BCUT2D eigenvalue weighted by molar-refractivity contribution is 5.88. The normalized spacial score (nSPS) is 28.2. The van der Waals surface area contributed by atoms with Crippen LogP contribution in [0.4, 0.5) is 0 Å². The molecule has 4 heteroatoms. The number of carbonyl (C=O) groups is 2. The van der Waals surface area contributed by atoms with Gasteiger partial charge in [-0.05, 0) is 62.2 Å². The van der Waals surface area contributed by atoms with E-state index >= 15 is 0 Å². The van der Waals surface area contributed by atoms with Gasteiger partial charge in [0.05, 0.1) is 0 Å². The maximum atomic E-state index is 12.7. The quantitative estimate of drug-likeness (QED) is 0.430. The first-order valence-electron chi connectivity index (χ1n) is 12.1. The number of allylic oxidation sites excluding steroid dienone is 2. The zero-order valence-electron chi connectivity index (χ0n) is 19.7. The molecule has 0 heterocycles. The number of rotatable bonds is 12. The van der Waals surface area contributed by atoms with Crippen molar-refractivity contribution < 1.29 is 19.8 Å². The summed E-state index contributed by atoms with van der Waals surface area (Å²) in [5.74, 6) is 0.964. The van der Waals surface area contributed by atoms with Crippen LogP contribution in [0.2, 0.25) is 0 Å². The van der Waals surface area contributed by atoms with E-state index in [-0.39, 0.29) is 47.7 Å². The van der Waals surface area contributed by atoms with Crippen LogP contribution in [0.1, 0.15) is 91.9 Å². The van der Waals surface area contributed by atoms with E-state index in [2.05, 4.69) is 27.7 Å². The largest absolute Gasteiger partial charge is 0.396 e. The first-order chi connectivity index (χ1) is 14.1. The van der Waals surface area contributed by atoms with Gasteiger partial charge >= 0.3 is 0 Å². The van der Waals surface area contributed by atoms with E-state index in [9.17, 15) is 19.8 Å². The Hall–Kier alpha value is -1.00. The van der Waals surface area contributed by atoms with Crippen LogP contribution in [-0.4, -0.2) is 35.0 Å². The number of Topliss-reactive ketones (excluding diaryl/α,β-unsaturated/α-hetero) is 2. The highest BCUT2D eigenvalue weighted by Crippen LogP contribution is 2.36. The second-order valence-corrected chi connectivity index (χ2v) is 11.4. The second-order valence-electron chi connectivity index (χ2n) is 11.4. The molecule has 0 amide bonds. The lowest BCUT2D eigenvalue weighted by atomic mass is 9.85. The van der Waals surface area contributed by atoms with Gasteiger partial charge in [0.1, 0.15) is 11.6 Å². The van der Waals surface area contributed by atoms with E-state index in [1.54, 1.807) is 0 Å². The molecule has 2 aliphatic carbocycles. The van der Waals surface area contributed by atoms with Gasteiger partial charge in [-0.2, -0.15) is 0 Å². The third-order valence-corrected chi connectivity index (χ3v) is 7.43. The molecular formula is C26H44O4. The van der Waals surface area contributed by atoms with Crippen molar-refractivity contribution in [2.75, 3.05) is 13.2 Å². The smallest absolute Gasteiger partial charge is 0.142 e. The Bertz CT molecular complexity index is 552. The first kappa shape index (κ1) is 25.3. The van der Waals surface area contributed by atoms with Gasteiger partial charge in [0.15, 0.2) is 0 Å². The molecule has 0 aromatic carbocycles. The Morgan fingerprint density at radius 1 is 0.733 bits per heavy atom. The summed E-state index contributed by atoms with van der Waals surface area (Å²) >= 11 is 0. The highest BCUT2D eigenvalue weighted by atomic mass is 16.3. The third-order valence-electron chi connectivity index (χ3n) is 7.43. The molecule has 0 spiro atoms. The summed E-state index contributed by atoms with van der Waals surface area (Å²) in [5, 5.41) is 18.7. The van der Waals surface area contributed by atoms with E-state index < -0.39 is 0 Å². The number of hydrogen-bond acceptors (Lipinski definition) is 4. The molecular weight excluding hydrogens is 376 g/mol. The molecule has 0 radical (unpaired) electrons. The van der Waals surface area contributed by atoms with Crippen LogP contribution in [0.25, 0.3) is 0 Å². The molecule has 0 aromatic rings. The number of hydrogen-bond donors (Lipinski definition) is 2. The number of aliphatic hydroxyl groups excluding tert-OH is 2. The van der Waals surface area contributed by atoms with Gasteiger partial charge in [-0.15, -0.1) is 0 Å². The number of aliphatic hydroxyl groups is 2. The molecule has 0 aromatic heterocycles. The van der Waals surface area contributed by atoms with Crippen LogP contribution in [0.15, 0.2) is 12.2 Å². The van der Waals surface area contributed by atoms with Gasteiger partial charge in [-0.1, -0.05) is 52.7 Å². The van der Waals surface area contributed by atoms with Crippen LogP contribution in [0, 0.1) is 34.5 Å². The Labute approximate surface area is 183 Å². The van der Waals surface area contributed by atoms with Crippen LogP contribution in [-0.2, 0) is 9.59 Å². The molecule has 4 atom stereocenters. The van der Waals surface area contributed by atoms with Crippen molar-refractivity contribution >= 4 is 11.6 Å². The van der Waals surface area contributed by atoms with Crippen molar-refractivity contribution in [1.29, 1.82) is 0 Å². The molecule has 2 aliphatic rings. The third kappa shape index (κ3) is 7.30. The lowest BCUT2D eigenvalue weighted by Gasteiger charge is -2.22. The van der Waals surface area contributed by atoms with E-state index in [0.29, 0.717) is 11.6 Å². The average Bonchev–Trinajstić information content (AvgIpc) is 3.23. The fourth-order valence-electron chi connectivity index (χ4n) is 4.97. The van der Waals surface area contributed by atoms with Gasteiger partial charge in [0.2, 0.25) is 0 Å². The Morgan fingerprint density at radius 2 is 1.10 bits per heavy atom. The minimum Gasteiger partial charge on any atom is -0.396 e. The van der Waals surface area contributed by atoms with E-state index in [0.717, 1.165) is 64.2 Å². The highest BCUT2D eigenvalue weighted by Gasteiger charge is 2.35. The van der Waals surface area contributed by atoms with E-state index in [1.807, 2.05) is 12.2 Å². The first-order valence-corrected chi connectivity index (χ1v) is 12.1. The van der Waals surface area contributed by atoms with E-state index in [1.165, 1.54) is 0 Å². The summed E-state index contributed by atoms with van der Waals surface area (Å²) < 4.78 is 0. The van der Waals surface area contributed by atoms with Gasteiger partial charge < -0.3 is 10.2 Å². The molecule has 2 N–H and O–H groups in total. The molecule has 2 fully saturated rings. The fourth-order valence-corrected chi connectivity index (χ4v) is 4.97. The van der Waals surface area contributed by atoms with Gasteiger partial charge in [0.25, 0.3) is 0 Å². The van der Waals surface area contributed by atoms with Crippen LogP contribution in [0.3, 0.4) is 0 Å². The van der Waals surface area contributed by atoms with Crippen LogP contribution in [0.5, 0.6) is 0 Å². The number of ketones is 2. The van der Waals surface area contributed by atoms with Crippen molar-refractivity contribution in [1.82, 2.24) is 0 Å². The Kier molecular flexibility index (Phi) is 9.30. The maximum absolute atomic E-state index is 12.7. The Morgan fingerprint density at radius 3 is 1.43 bits per heavy atom. The Balaban J connectivity index is 1.75. The lowest BCUT2D eigenvalue weighted by molar-refractivity contribution is -0.124. The molecule has 30 heavy (non-hydrogen) atoms. The fraction of sp³-hybridized carbons (Fsp3) is 0.846. The predicted octanol–water partition coefficient (Wildman–Crippen LogP) is 5.11. The van der Waals surface area contributed by atoms with Gasteiger partial charge in [-0.3, -0.25) is 9.59 Å². The summed E-state index contributed by atoms with van der Waals surface area (Å²) in [6, 6.07) is 0. The molecule has 2 saturated carbocycles. The van der Waals surface area contributed by atoms with Crippen molar-refractivity contribution in [2.24, 2.45) is 34.5 Å². The monoisotopic (exact) mass is 420 g/mol. The molecule has 0 aliphatic heterocycles. The predicted molar refractivity (Wildman–Crippen MR) is 121 cm³/mol. The lowest BCUT2D eigenvalue weighted by Crippen LogP contribution is -2.18. The molecule has 4 nitrogen and oxygen atoms in total. The van der Waals surface area contributed by atoms with Crippen molar-refractivity contribution in [3.8, 4) is 0 Å². The van der Waals surface area contributed by atoms with Crippen LogP contribution < -0.4 is 0 Å². The van der Waals surface area contributed by atoms with Gasteiger partial charge in [-0.25, -0.2) is 0 Å². The van der Waals surface area contributed by atoms with Crippen LogP contribution >= 0.6 is 0 Å². The second kappa shape index (κ2) is 11.0. The summed E-state index contributed by atoms with van der Waals surface area (Å²) in [5.41, 5.74) is -0.123. The standard InChI is InChI=1S/C26H44O4/c1-25(2,17-27)15-5-7-19-9-11-21(23(19)29)13-14-22-12-10-20(24(22)30)8-6-16-26(3,4)18-28/h13-14,19-22,27-28H,5-12,15-18H2,1-4H3/b14-13+. The van der Waals surface area contributed by atoms with Crippen molar-refractivity contribution in [2.45, 2.75) is 91.9 Å². The zero-order valence-corrected chi connectivity index (χ0v) is 19.7. The zero-order chi connectivity index (χ0) is 22.4. The summed E-state index contributed by atoms with van der Waals surface area (Å²) in [6.45, 7) is 8.63. The maximum Gasteiger partial charge on any atom is 0.142 e. The molecule has 4 unspecified atom stereocenters. The average molecular weight is 421 g/mol. The summed E-state index contributed by atoms with van der Waals surface area (Å²) in [7, 11) is 0. The molecule has 0 bridgehead atoms. The summed E-state index contributed by atoms with van der Waals surface area (Å²) in [4.78, 5) is 25.5. The topological polar surface area (TPSA) is 74.6 Å². The van der Waals surface area contributed by atoms with Crippen molar-refractivity contribution in [3.63, 3.8) is 0 Å². The minimum atomic E-state index is -0.0613. The minimum absolute atomic E-state index is 0.0157. The van der Waals surface area contributed by atoms with Gasteiger partial charge in [0, 0.05) is 36.9 Å². The number of carbonyl (C=O) groups excluding carboxylic acids is 2. The van der Waals surface area contributed by atoms with E-state index in [4.69, 9.17) is 0 Å². The molecule has 2 rings (SSSR count). The summed E-state index contributed by atoms with van der Waals surface area (Å²) in [6.07, 6.45) is 13.5. The van der Waals surface area contributed by atoms with Crippen molar-refractivity contribution in [3.05, 3.63) is 12.2 Å². The molecule has 0 saturated heterocycles. The SMILES string of the molecule is CC(C)(CO)CCCC1CCC(/C=C/C2CCC(CCCC(C)(C)CO)C2=O)C1=O.